The van der Waals surface area contributed by atoms with Crippen LogP contribution in [0.1, 0.15) is 22.8 Å². The summed E-state index contributed by atoms with van der Waals surface area (Å²) in [4.78, 5) is 32.5. The van der Waals surface area contributed by atoms with Crippen LogP contribution in [-0.4, -0.2) is 52.7 Å². The largest absolute Gasteiger partial charge is 0.451 e. The van der Waals surface area contributed by atoms with Gasteiger partial charge in [-0.25, -0.2) is 4.39 Å². The number of para-hydroxylation sites is 1. The van der Waals surface area contributed by atoms with E-state index >= 15 is 4.39 Å². The predicted octanol–water partition coefficient (Wildman–Crippen LogP) is 6.39. The minimum Gasteiger partial charge on any atom is -0.451 e. The highest BCUT2D eigenvalue weighted by Gasteiger charge is 2.31. The molecular weight excluding hydrogens is 559 g/mol. The standard InChI is InChI=1S/C35H29FN4O4/c1-20(16-22-18-37-28-9-5-4-7-23(22)28)38-30-27(36)17-25-32-34(30)44-29-11-10-21-6-2-3-8-24(21)31(29)40(32)19-26(33(25)41)35(42)39-12-14-43-15-13-39/h2-11,17-20,37-38H,12-16H2,1H3. The second-order valence-corrected chi connectivity index (χ2v) is 11.4. The van der Waals surface area contributed by atoms with Crippen molar-refractivity contribution >= 4 is 44.2 Å². The molecule has 1 unspecified atom stereocenters. The molecule has 2 aliphatic rings. The Morgan fingerprint density at radius 2 is 1.80 bits per heavy atom. The quantitative estimate of drug-likeness (QED) is 0.244. The van der Waals surface area contributed by atoms with Crippen LogP contribution in [0, 0.1) is 5.82 Å². The molecule has 8 rings (SSSR count). The first-order valence-electron chi connectivity index (χ1n) is 14.8. The highest BCUT2D eigenvalue weighted by molar-refractivity contribution is 6.04. The van der Waals surface area contributed by atoms with Crippen molar-refractivity contribution in [3.05, 3.63) is 106 Å². The van der Waals surface area contributed by atoms with Crippen LogP contribution in [0.4, 0.5) is 10.1 Å². The number of rotatable bonds is 5. The second kappa shape index (κ2) is 10.2. The lowest BCUT2D eigenvalue weighted by molar-refractivity contribution is 0.0302. The Morgan fingerprint density at radius 1 is 1.02 bits per heavy atom. The third-order valence-corrected chi connectivity index (χ3v) is 8.63. The van der Waals surface area contributed by atoms with Crippen LogP contribution in [0.5, 0.6) is 11.5 Å². The first kappa shape index (κ1) is 26.5. The first-order chi connectivity index (χ1) is 21.5. The van der Waals surface area contributed by atoms with Gasteiger partial charge in [-0.2, -0.15) is 0 Å². The Balaban J connectivity index is 1.30. The molecule has 0 spiro atoms. The Kier molecular flexibility index (Phi) is 6.16. The highest BCUT2D eigenvalue weighted by atomic mass is 19.1. The summed E-state index contributed by atoms with van der Waals surface area (Å²) in [5.41, 5.74) is 2.89. The number of H-pyrrole nitrogens is 1. The van der Waals surface area contributed by atoms with E-state index in [2.05, 4.69) is 16.4 Å². The van der Waals surface area contributed by atoms with Crippen LogP contribution in [0.3, 0.4) is 0 Å². The molecule has 1 amide bonds. The minimum absolute atomic E-state index is 0.0149. The fourth-order valence-corrected chi connectivity index (χ4v) is 6.53. The average Bonchev–Trinajstić information content (AvgIpc) is 3.46. The summed E-state index contributed by atoms with van der Waals surface area (Å²) in [6.45, 7) is 3.56. The number of aromatic nitrogens is 2. The molecule has 8 nitrogen and oxygen atoms in total. The van der Waals surface area contributed by atoms with Crippen LogP contribution in [0.15, 0.2) is 83.9 Å². The lowest BCUT2D eigenvalue weighted by Crippen LogP contribution is -2.42. The average molecular weight is 589 g/mol. The topological polar surface area (TPSA) is 88.6 Å². The highest BCUT2D eigenvalue weighted by Crippen LogP contribution is 2.47. The maximum atomic E-state index is 16.1. The normalized spacial score (nSPS) is 14.9. The summed E-state index contributed by atoms with van der Waals surface area (Å²) in [6, 6.07) is 20.8. The fourth-order valence-electron chi connectivity index (χ4n) is 6.53. The number of morpholine rings is 1. The van der Waals surface area contributed by atoms with Crippen molar-refractivity contribution in [1.29, 1.82) is 0 Å². The third-order valence-electron chi connectivity index (χ3n) is 8.63. The molecule has 9 heteroatoms. The Bertz CT molecular complexity index is 2180. The second-order valence-electron chi connectivity index (χ2n) is 11.4. The van der Waals surface area contributed by atoms with Gasteiger partial charge in [0.15, 0.2) is 17.3 Å². The number of aromatic amines is 1. The summed E-state index contributed by atoms with van der Waals surface area (Å²) >= 11 is 0. The number of nitrogens with one attached hydrogen (secondary N) is 2. The number of amides is 1. The van der Waals surface area contributed by atoms with E-state index in [-0.39, 0.29) is 28.4 Å². The van der Waals surface area contributed by atoms with Gasteiger partial charge in [-0.15, -0.1) is 0 Å². The number of anilines is 1. The van der Waals surface area contributed by atoms with E-state index in [1.54, 1.807) is 11.1 Å². The number of halogens is 1. The maximum absolute atomic E-state index is 16.1. The number of pyridine rings is 1. The number of fused-ring (bicyclic) bond motifs is 5. The summed E-state index contributed by atoms with van der Waals surface area (Å²) in [7, 11) is 0. The summed E-state index contributed by atoms with van der Waals surface area (Å²) in [6.07, 6.45) is 4.20. The molecule has 0 bridgehead atoms. The zero-order valence-electron chi connectivity index (χ0n) is 24.0. The lowest BCUT2D eigenvalue weighted by atomic mass is 10.0. The van der Waals surface area contributed by atoms with Crippen LogP contribution in [-0.2, 0) is 11.2 Å². The maximum Gasteiger partial charge on any atom is 0.259 e. The molecule has 2 aliphatic heterocycles. The van der Waals surface area contributed by atoms with Crippen molar-refractivity contribution in [2.45, 2.75) is 19.4 Å². The molecule has 6 aromatic rings. The van der Waals surface area contributed by atoms with Gasteiger partial charge in [-0.3, -0.25) is 9.59 Å². The summed E-state index contributed by atoms with van der Waals surface area (Å²) < 4.78 is 29.8. The first-order valence-corrected chi connectivity index (χ1v) is 14.8. The van der Waals surface area contributed by atoms with E-state index in [0.717, 1.165) is 27.2 Å². The number of carbonyl (C=O) groups excluding carboxylic acids is 1. The monoisotopic (exact) mass is 588 g/mol. The molecule has 1 saturated heterocycles. The van der Waals surface area contributed by atoms with Crippen molar-refractivity contribution in [1.82, 2.24) is 14.5 Å². The molecule has 0 saturated carbocycles. The van der Waals surface area contributed by atoms with E-state index in [4.69, 9.17) is 9.47 Å². The van der Waals surface area contributed by atoms with Gasteiger partial charge in [0.2, 0.25) is 5.43 Å². The molecule has 44 heavy (non-hydrogen) atoms. The molecule has 1 fully saturated rings. The number of hydrogen-bond acceptors (Lipinski definition) is 5. The Morgan fingerprint density at radius 3 is 2.64 bits per heavy atom. The number of carbonyl (C=O) groups is 1. The van der Waals surface area contributed by atoms with Gasteiger partial charge in [0, 0.05) is 47.8 Å². The van der Waals surface area contributed by atoms with Crippen LogP contribution >= 0.6 is 0 Å². The Hall–Kier alpha value is -5.15. The van der Waals surface area contributed by atoms with E-state index in [9.17, 15) is 9.59 Å². The zero-order chi connectivity index (χ0) is 29.9. The number of hydrogen-bond donors (Lipinski definition) is 2. The van der Waals surface area contributed by atoms with Crippen LogP contribution < -0.4 is 15.5 Å². The van der Waals surface area contributed by atoms with Crippen LogP contribution in [0.25, 0.3) is 38.3 Å². The number of ether oxygens (including phenoxy) is 2. The fraction of sp³-hybridized carbons (Fsp3) is 0.200. The van der Waals surface area contributed by atoms with Gasteiger partial charge < -0.3 is 29.2 Å². The summed E-state index contributed by atoms with van der Waals surface area (Å²) in [5, 5.41) is 6.41. The smallest absolute Gasteiger partial charge is 0.259 e. The van der Waals surface area contributed by atoms with Crippen LogP contribution in [0.2, 0.25) is 0 Å². The molecular formula is C35H29FN4O4. The van der Waals surface area contributed by atoms with Crippen molar-refractivity contribution < 1.29 is 18.7 Å². The van der Waals surface area contributed by atoms with Gasteiger partial charge in [-0.05, 0) is 42.5 Å². The van der Waals surface area contributed by atoms with Crippen molar-refractivity contribution in [3.8, 4) is 17.2 Å². The SMILES string of the molecule is CC(Cc1c[nH]c2ccccc12)Nc1c(F)cc2c(=O)c(C(=O)N3CCOCC3)cn3c2c1Oc1ccc2ccccc2c1-3. The minimum atomic E-state index is -0.623. The van der Waals surface area contributed by atoms with Crippen molar-refractivity contribution in [3.63, 3.8) is 0 Å². The number of nitrogens with zero attached hydrogens (tertiary/aromatic N) is 2. The van der Waals surface area contributed by atoms with Gasteiger partial charge >= 0.3 is 0 Å². The molecule has 0 radical (unpaired) electrons. The predicted molar refractivity (Wildman–Crippen MR) is 169 cm³/mol. The molecule has 1 atom stereocenters. The summed E-state index contributed by atoms with van der Waals surface area (Å²) in [5.74, 6) is -0.296. The molecule has 220 valence electrons. The lowest BCUT2D eigenvalue weighted by Gasteiger charge is -2.30. The van der Waals surface area contributed by atoms with Crippen molar-refractivity contribution in [2.75, 3.05) is 31.6 Å². The molecule has 4 heterocycles. The van der Waals surface area contributed by atoms with Gasteiger partial charge in [-0.1, -0.05) is 48.5 Å². The van der Waals surface area contributed by atoms with E-state index < -0.39 is 17.2 Å². The van der Waals surface area contributed by atoms with Crippen molar-refractivity contribution in [2.24, 2.45) is 0 Å². The van der Waals surface area contributed by atoms with Gasteiger partial charge in [0.05, 0.1) is 24.3 Å². The third kappa shape index (κ3) is 4.15. The zero-order valence-corrected chi connectivity index (χ0v) is 24.0. The van der Waals surface area contributed by atoms with E-state index in [0.29, 0.717) is 49.7 Å². The molecule has 2 N–H and O–H groups in total. The molecule has 0 aliphatic carbocycles. The Labute approximate surface area is 251 Å². The molecule has 4 aromatic carbocycles. The van der Waals surface area contributed by atoms with E-state index in [1.807, 2.05) is 72.3 Å². The van der Waals surface area contributed by atoms with E-state index in [1.165, 1.54) is 6.07 Å². The number of benzene rings is 4. The molecule has 2 aromatic heterocycles. The van der Waals surface area contributed by atoms with Gasteiger partial charge in [0.1, 0.15) is 16.8 Å². The van der Waals surface area contributed by atoms with Gasteiger partial charge in [0.25, 0.3) is 5.91 Å².